The van der Waals surface area contributed by atoms with E-state index in [1.807, 2.05) is 12.1 Å². The summed E-state index contributed by atoms with van der Waals surface area (Å²) in [5.74, 6) is 1.09. The fourth-order valence-electron chi connectivity index (χ4n) is 2.58. The van der Waals surface area contributed by atoms with E-state index in [0.717, 1.165) is 35.7 Å². The molecule has 6 heteroatoms. The Morgan fingerprint density at radius 1 is 1.25 bits per heavy atom. The molecular weight excluding hydrogens is 342 g/mol. The number of nitrogens with zero attached hydrogens (tertiary/aromatic N) is 2. The van der Waals surface area contributed by atoms with Crippen molar-refractivity contribution in [2.75, 3.05) is 0 Å². The SMILES string of the molecule is NC1(c2noc(-c3ccc(Cl)c(Br)c3)n2)CCCCC1. The predicted molar refractivity (Wildman–Crippen MR) is 81.4 cm³/mol. The lowest BCUT2D eigenvalue weighted by Crippen LogP contribution is -2.39. The van der Waals surface area contributed by atoms with Crippen LogP contribution in [-0.2, 0) is 5.54 Å². The molecule has 0 spiro atoms. The number of aromatic nitrogens is 2. The van der Waals surface area contributed by atoms with Crippen molar-refractivity contribution < 1.29 is 4.52 Å². The zero-order valence-corrected chi connectivity index (χ0v) is 13.2. The van der Waals surface area contributed by atoms with Crippen LogP contribution in [0.2, 0.25) is 5.02 Å². The van der Waals surface area contributed by atoms with Crippen molar-refractivity contribution in [1.29, 1.82) is 0 Å². The molecule has 0 saturated heterocycles. The quantitative estimate of drug-likeness (QED) is 0.872. The summed E-state index contributed by atoms with van der Waals surface area (Å²) >= 11 is 9.37. The lowest BCUT2D eigenvalue weighted by Gasteiger charge is -2.29. The molecule has 1 aliphatic carbocycles. The minimum absolute atomic E-state index is 0.441. The summed E-state index contributed by atoms with van der Waals surface area (Å²) in [4.78, 5) is 4.48. The summed E-state index contributed by atoms with van der Waals surface area (Å²) in [6.07, 6.45) is 5.29. The van der Waals surface area contributed by atoms with Gasteiger partial charge in [0.15, 0.2) is 5.82 Å². The van der Waals surface area contributed by atoms with E-state index >= 15 is 0 Å². The van der Waals surface area contributed by atoms with E-state index in [4.69, 9.17) is 21.9 Å². The number of benzene rings is 1. The fraction of sp³-hybridized carbons (Fsp3) is 0.429. The van der Waals surface area contributed by atoms with E-state index in [-0.39, 0.29) is 0 Å². The maximum atomic E-state index is 6.41. The van der Waals surface area contributed by atoms with Gasteiger partial charge >= 0.3 is 0 Å². The second-order valence-electron chi connectivity index (χ2n) is 5.27. The Bertz CT molecular complexity index is 623. The highest BCUT2D eigenvalue weighted by molar-refractivity contribution is 9.10. The average Bonchev–Trinajstić information content (AvgIpc) is 2.93. The van der Waals surface area contributed by atoms with Crippen LogP contribution < -0.4 is 5.73 Å². The molecule has 3 rings (SSSR count). The molecule has 0 aliphatic heterocycles. The molecule has 20 heavy (non-hydrogen) atoms. The molecule has 4 nitrogen and oxygen atoms in total. The Balaban J connectivity index is 1.91. The molecule has 1 aromatic heterocycles. The Labute approximate surface area is 130 Å². The van der Waals surface area contributed by atoms with Crippen LogP contribution in [0.5, 0.6) is 0 Å². The van der Waals surface area contributed by atoms with E-state index in [2.05, 4.69) is 26.1 Å². The van der Waals surface area contributed by atoms with Gasteiger partial charge in [0.2, 0.25) is 0 Å². The Morgan fingerprint density at radius 3 is 2.70 bits per heavy atom. The highest BCUT2D eigenvalue weighted by atomic mass is 79.9. The van der Waals surface area contributed by atoms with Gasteiger partial charge in [0, 0.05) is 10.0 Å². The van der Waals surface area contributed by atoms with E-state index in [0.29, 0.717) is 16.7 Å². The predicted octanol–water partition coefficient (Wildman–Crippen LogP) is 4.27. The monoisotopic (exact) mass is 355 g/mol. The minimum Gasteiger partial charge on any atom is -0.334 e. The van der Waals surface area contributed by atoms with E-state index in [1.54, 1.807) is 6.07 Å². The van der Waals surface area contributed by atoms with Crippen molar-refractivity contribution in [2.24, 2.45) is 5.73 Å². The molecule has 1 fully saturated rings. The first-order valence-corrected chi connectivity index (χ1v) is 7.84. The van der Waals surface area contributed by atoms with Crippen molar-refractivity contribution in [3.05, 3.63) is 33.5 Å². The summed E-state index contributed by atoms with van der Waals surface area (Å²) in [5.41, 5.74) is 6.80. The van der Waals surface area contributed by atoms with Crippen molar-refractivity contribution in [2.45, 2.75) is 37.6 Å². The molecule has 0 atom stereocenters. The van der Waals surface area contributed by atoms with Crippen molar-refractivity contribution in [3.8, 4) is 11.5 Å². The van der Waals surface area contributed by atoms with Gasteiger partial charge < -0.3 is 10.3 Å². The van der Waals surface area contributed by atoms with Gasteiger partial charge in [-0.2, -0.15) is 4.98 Å². The standard InChI is InChI=1S/C14H15BrClN3O/c15-10-8-9(4-5-11(10)16)12-18-13(19-20-12)14(17)6-2-1-3-7-14/h4-5,8H,1-3,6-7,17H2. The van der Waals surface area contributed by atoms with Crippen molar-refractivity contribution >= 4 is 27.5 Å². The van der Waals surface area contributed by atoms with Crippen molar-refractivity contribution in [1.82, 2.24) is 10.1 Å². The van der Waals surface area contributed by atoms with Gasteiger partial charge in [0.05, 0.1) is 10.6 Å². The van der Waals surface area contributed by atoms with Crippen LogP contribution in [0.25, 0.3) is 11.5 Å². The number of nitrogens with two attached hydrogens (primary N) is 1. The lowest BCUT2D eigenvalue weighted by molar-refractivity contribution is 0.275. The summed E-state index contributed by atoms with van der Waals surface area (Å²) in [5, 5.41) is 4.73. The molecule has 1 saturated carbocycles. The van der Waals surface area contributed by atoms with Crippen LogP contribution in [0.3, 0.4) is 0 Å². The molecule has 1 aliphatic rings. The molecule has 0 amide bonds. The second-order valence-corrected chi connectivity index (χ2v) is 6.53. The van der Waals surface area contributed by atoms with Gasteiger partial charge in [-0.1, -0.05) is 36.0 Å². The first-order chi connectivity index (χ1) is 9.58. The third kappa shape index (κ3) is 2.62. The van der Waals surface area contributed by atoms with Gasteiger partial charge in [-0.15, -0.1) is 0 Å². The molecule has 2 aromatic rings. The topological polar surface area (TPSA) is 64.9 Å². The Morgan fingerprint density at radius 2 is 2.00 bits per heavy atom. The summed E-state index contributed by atoms with van der Waals surface area (Å²) in [6, 6.07) is 5.52. The van der Waals surface area contributed by atoms with Crippen molar-refractivity contribution in [3.63, 3.8) is 0 Å². The summed E-state index contributed by atoms with van der Waals surface area (Å²) < 4.78 is 6.16. The first-order valence-electron chi connectivity index (χ1n) is 6.67. The lowest BCUT2D eigenvalue weighted by atomic mass is 9.82. The molecule has 1 heterocycles. The number of rotatable bonds is 2. The zero-order valence-electron chi connectivity index (χ0n) is 10.9. The normalized spacial score (nSPS) is 18.1. The van der Waals surface area contributed by atoms with Gasteiger partial charge in [0.25, 0.3) is 5.89 Å². The zero-order chi connectivity index (χ0) is 14.2. The van der Waals surface area contributed by atoms with E-state index in [1.165, 1.54) is 6.42 Å². The van der Waals surface area contributed by atoms with Crippen LogP contribution in [0.1, 0.15) is 37.9 Å². The number of hydrogen-bond acceptors (Lipinski definition) is 4. The smallest absolute Gasteiger partial charge is 0.258 e. The Hall–Kier alpha value is -0.910. The molecule has 0 radical (unpaired) electrons. The molecule has 0 unspecified atom stereocenters. The highest BCUT2D eigenvalue weighted by Gasteiger charge is 2.34. The maximum absolute atomic E-state index is 6.41. The van der Waals surface area contributed by atoms with Gasteiger partial charge in [-0.3, -0.25) is 0 Å². The highest BCUT2D eigenvalue weighted by Crippen LogP contribution is 2.34. The maximum Gasteiger partial charge on any atom is 0.258 e. The minimum atomic E-state index is -0.441. The summed E-state index contributed by atoms with van der Waals surface area (Å²) in [6.45, 7) is 0. The second kappa shape index (κ2) is 5.47. The van der Waals surface area contributed by atoms with Gasteiger partial charge in [0.1, 0.15) is 0 Å². The van der Waals surface area contributed by atoms with Crippen LogP contribution in [0.4, 0.5) is 0 Å². The third-order valence-electron chi connectivity index (χ3n) is 3.78. The summed E-state index contributed by atoms with van der Waals surface area (Å²) in [7, 11) is 0. The van der Waals surface area contributed by atoms with Crippen LogP contribution in [0.15, 0.2) is 27.2 Å². The molecule has 0 bridgehead atoms. The largest absolute Gasteiger partial charge is 0.334 e. The third-order valence-corrected chi connectivity index (χ3v) is 5.00. The van der Waals surface area contributed by atoms with Crippen LogP contribution in [0, 0.1) is 0 Å². The van der Waals surface area contributed by atoms with Gasteiger partial charge in [-0.05, 0) is 47.0 Å². The molecule has 2 N–H and O–H groups in total. The average molecular weight is 357 g/mol. The van der Waals surface area contributed by atoms with Crippen LogP contribution >= 0.6 is 27.5 Å². The fourth-order valence-corrected chi connectivity index (χ4v) is 3.07. The molecular formula is C14H15BrClN3O. The van der Waals surface area contributed by atoms with Crippen LogP contribution in [-0.4, -0.2) is 10.1 Å². The van der Waals surface area contributed by atoms with E-state index in [9.17, 15) is 0 Å². The number of halogens is 2. The Kier molecular flexibility index (Phi) is 3.84. The number of hydrogen-bond donors (Lipinski definition) is 1. The molecule has 106 valence electrons. The first kappa shape index (κ1) is 14.0. The van der Waals surface area contributed by atoms with E-state index < -0.39 is 5.54 Å². The van der Waals surface area contributed by atoms with Gasteiger partial charge in [-0.25, -0.2) is 0 Å². The molecule has 1 aromatic carbocycles.